The van der Waals surface area contributed by atoms with Crippen LogP contribution in [0, 0.1) is 24.5 Å². The molecule has 102 valence electrons. The van der Waals surface area contributed by atoms with E-state index in [0.29, 0.717) is 23.8 Å². The van der Waals surface area contributed by atoms with Crippen LogP contribution in [0.25, 0.3) is 0 Å². The molecule has 1 N–H and O–H groups in total. The fourth-order valence-electron chi connectivity index (χ4n) is 1.78. The van der Waals surface area contributed by atoms with Crippen molar-refractivity contribution in [2.45, 2.75) is 33.2 Å². The molecule has 1 rings (SSSR count). The molecule has 2 unspecified atom stereocenters. The molecule has 0 amide bonds. The first-order chi connectivity index (χ1) is 8.49. The van der Waals surface area contributed by atoms with E-state index in [1.54, 1.807) is 6.92 Å². The Morgan fingerprint density at radius 2 is 1.89 bits per heavy atom. The second-order valence-electron chi connectivity index (χ2n) is 4.62. The summed E-state index contributed by atoms with van der Waals surface area (Å²) in [5, 5.41) is 3.18. The Hall–Kier alpha value is -1.16. The second kappa shape index (κ2) is 6.69. The van der Waals surface area contributed by atoms with Crippen molar-refractivity contribution < 1.29 is 13.5 Å². The van der Waals surface area contributed by atoms with Crippen LogP contribution < -0.4 is 10.1 Å². The molecule has 2 nitrogen and oxygen atoms in total. The summed E-state index contributed by atoms with van der Waals surface area (Å²) >= 11 is 0. The third kappa shape index (κ3) is 3.67. The summed E-state index contributed by atoms with van der Waals surface area (Å²) in [6.07, 6.45) is 1.03. The van der Waals surface area contributed by atoms with Crippen LogP contribution in [0.3, 0.4) is 0 Å². The van der Waals surface area contributed by atoms with Crippen LogP contribution in [0.1, 0.15) is 25.8 Å². The van der Waals surface area contributed by atoms with E-state index in [2.05, 4.69) is 19.2 Å². The van der Waals surface area contributed by atoms with E-state index in [-0.39, 0.29) is 6.04 Å². The quantitative estimate of drug-likeness (QED) is 0.844. The number of nitrogens with one attached hydrogen (secondary N) is 1. The lowest BCUT2D eigenvalue weighted by molar-refractivity contribution is 0.226. The number of ether oxygens (including phenoxy) is 1. The highest BCUT2D eigenvalue weighted by Crippen LogP contribution is 2.22. The van der Waals surface area contributed by atoms with E-state index in [4.69, 9.17) is 4.74 Å². The van der Waals surface area contributed by atoms with Gasteiger partial charge in [0.05, 0.1) is 0 Å². The molecule has 0 fully saturated rings. The van der Waals surface area contributed by atoms with Crippen LogP contribution >= 0.6 is 0 Å². The van der Waals surface area contributed by atoms with Crippen LogP contribution in [0.2, 0.25) is 0 Å². The third-order valence-corrected chi connectivity index (χ3v) is 3.34. The highest BCUT2D eigenvalue weighted by molar-refractivity contribution is 5.33. The van der Waals surface area contributed by atoms with Gasteiger partial charge < -0.3 is 10.1 Å². The van der Waals surface area contributed by atoms with Gasteiger partial charge in [0.1, 0.15) is 12.4 Å². The van der Waals surface area contributed by atoms with E-state index in [0.717, 1.165) is 18.6 Å². The van der Waals surface area contributed by atoms with Gasteiger partial charge in [-0.1, -0.05) is 20.3 Å². The Balaban J connectivity index is 2.70. The van der Waals surface area contributed by atoms with Crippen molar-refractivity contribution in [1.82, 2.24) is 5.32 Å². The van der Waals surface area contributed by atoms with Crippen LogP contribution in [-0.4, -0.2) is 19.7 Å². The molecule has 0 aliphatic heterocycles. The van der Waals surface area contributed by atoms with Gasteiger partial charge in [-0.25, -0.2) is 8.78 Å². The normalized spacial score (nSPS) is 14.3. The lowest BCUT2D eigenvalue weighted by Gasteiger charge is -2.23. The number of aryl methyl sites for hydroxylation is 1. The summed E-state index contributed by atoms with van der Waals surface area (Å²) in [6, 6.07) is 2.46. The standard InChI is InChI=1S/C14H21F2NO/c1-5-9(2)13(17-4)8-18-14-7-12(16)11(15)6-10(14)3/h6-7,9,13,17H,5,8H2,1-4H3. The maximum atomic E-state index is 13.1. The summed E-state index contributed by atoms with van der Waals surface area (Å²) in [5.41, 5.74) is 0.605. The van der Waals surface area contributed by atoms with Gasteiger partial charge in [0.2, 0.25) is 0 Å². The van der Waals surface area contributed by atoms with Gasteiger partial charge >= 0.3 is 0 Å². The Labute approximate surface area is 107 Å². The van der Waals surface area contributed by atoms with Gasteiger partial charge in [-0.3, -0.25) is 0 Å². The molecule has 0 heterocycles. The largest absolute Gasteiger partial charge is 0.492 e. The average molecular weight is 257 g/mol. The van der Waals surface area contributed by atoms with Crippen molar-refractivity contribution in [2.75, 3.05) is 13.7 Å². The molecule has 0 radical (unpaired) electrons. The van der Waals surface area contributed by atoms with Crippen molar-refractivity contribution in [1.29, 1.82) is 0 Å². The van der Waals surface area contributed by atoms with E-state index >= 15 is 0 Å². The Morgan fingerprint density at radius 1 is 1.28 bits per heavy atom. The van der Waals surface area contributed by atoms with Gasteiger partial charge in [0, 0.05) is 12.1 Å². The maximum absolute atomic E-state index is 13.1. The van der Waals surface area contributed by atoms with E-state index in [9.17, 15) is 8.78 Å². The zero-order chi connectivity index (χ0) is 13.7. The van der Waals surface area contributed by atoms with Crippen molar-refractivity contribution in [3.63, 3.8) is 0 Å². The molecule has 0 bridgehead atoms. The molecule has 0 aliphatic carbocycles. The minimum atomic E-state index is -0.875. The van der Waals surface area contributed by atoms with Crippen LogP contribution in [0.5, 0.6) is 5.75 Å². The number of likely N-dealkylation sites (N-methyl/N-ethyl adjacent to an activating group) is 1. The Morgan fingerprint density at radius 3 is 2.44 bits per heavy atom. The molecular formula is C14H21F2NO. The van der Waals surface area contributed by atoms with E-state index < -0.39 is 11.6 Å². The maximum Gasteiger partial charge on any atom is 0.162 e. The summed E-state index contributed by atoms with van der Waals surface area (Å²) in [5.74, 6) is -0.856. The molecule has 0 aliphatic rings. The van der Waals surface area contributed by atoms with Gasteiger partial charge in [-0.2, -0.15) is 0 Å². The number of benzene rings is 1. The lowest BCUT2D eigenvalue weighted by Crippen LogP contribution is -2.37. The van der Waals surface area contributed by atoms with Crippen molar-refractivity contribution in [3.05, 3.63) is 29.3 Å². The van der Waals surface area contributed by atoms with Gasteiger partial charge in [0.25, 0.3) is 0 Å². The van der Waals surface area contributed by atoms with Gasteiger partial charge in [-0.05, 0) is 31.5 Å². The van der Waals surface area contributed by atoms with Crippen LogP contribution in [0.4, 0.5) is 8.78 Å². The smallest absolute Gasteiger partial charge is 0.162 e. The highest BCUT2D eigenvalue weighted by atomic mass is 19.2. The van der Waals surface area contributed by atoms with Crippen LogP contribution in [0.15, 0.2) is 12.1 Å². The topological polar surface area (TPSA) is 21.3 Å². The number of hydrogen-bond donors (Lipinski definition) is 1. The first-order valence-electron chi connectivity index (χ1n) is 6.25. The number of hydrogen-bond acceptors (Lipinski definition) is 2. The number of halogens is 2. The molecule has 2 atom stereocenters. The fourth-order valence-corrected chi connectivity index (χ4v) is 1.78. The predicted molar refractivity (Wildman–Crippen MR) is 68.9 cm³/mol. The summed E-state index contributed by atoms with van der Waals surface area (Å²) in [7, 11) is 1.87. The molecule has 1 aromatic rings. The SMILES string of the molecule is CCC(C)C(COc1cc(F)c(F)cc1C)NC. The van der Waals surface area contributed by atoms with Crippen LogP contribution in [-0.2, 0) is 0 Å². The van der Waals surface area contributed by atoms with Gasteiger partial charge in [0.15, 0.2) is 11.6 Å². The first-order valence-corrected chi connectivity index (χ1v) is 6.25. The predicted octanol–water partition coefficient (Wildman–Crippen LogP) is 3.29. The summed E-state index contributed by atoms with van der Waals surface area (Å²) in [6.45, 7) is 6.38. The molecule has 0 spiro atoms. The van der Waals surface area contributed by atoms with Crippen molar-refractivity contribution in [2.24, 2.45) is 5.92 Å². The molecule has 18 heavy (non-hydrogen) atoms. The van der Waals surface area contributed by atoms with Gasteiger partial charge in [-0.15, -0.1) is 0 Å². The zero-order valence-electron chi connectivity index (χ0n) is 11.4. The summed E-state index contributed by atoms with van der Waals surface area (Å²) in [4.78, 5) is 0. The van der Waals surface area contributed by atoms with Crippen molar-refractivity contribution >= 4 is 0 Å². The second-order valence-corrected chi connectivity index (χ2v) is 4.62. The van der Waals surface area contributed by atoms with E-state index in [1.807, 2.05) is 7.05 Å². The number of rotatable bonds is 6. The molecular weight excluding hydrogens is 236 g/mol. The molecule has 0 saturated heterocycles. The Bertz CT molecular complexity index is 396. The molecule has 4 heteroatoms. The Kier molecular flexibility index (Phi) is 5.54. The summed E-state index contributed by atoms with van der Waals surface area (Å²) < 4.78 is 31.7. The minimum absolute atomic E-state index is 0.197. The zero-order valence-corrected chi connectivity index (χ0v) is 11.4. The lowest BCUT2D eigenvalue weighted by atomic mass is 10.0. The van der Waals surface area contributed by atoms with Crippen molar-refractivity contribution in [3.8, 4) is 5.75 Å². The highest BCUT2D eigenvalue weighted by Gasteiger charge is 2.15. The minimum Gasteiger partial charge on any atom is -0.492 e. The third-order valence-electron chi connectivity index (χ3n) is 3.34. The fraction of sp³-hybridized carbons (Fsp3) is 0.571. The monoisotopic (exact) mass is 257 g/mol. The first kappa shape index (κ1) is 14.9. The average Bonchev–Trinajstić information content (AvgIpc) is 2.35. The molecule has 1 aromatic carbocycles. The molecule has 0 aromatic heterocycles. The van der Waals surface area contributed by atoms with E-state index in [1.165, 1.54) is 0 Å². The molecule has 0 saturated carbocycles.